The number of hydrogen-bond donors (Lipinski definition) is 0. The molecule has 274 valence electrons. The Kier molecular flexibility index (Phi) is 10.6. The number of likely N-dealkylation sites (tertiary alicyclic amines) is 1. The van der Waals surface area contributed by atoms with Gasteiger partial charge in [-0.3, -0.25) is 9.88 Å². The minimum absolute atomic E-state index is 0.0137. The molecule has 0 aliphatic carbocycles. The highest BCUT2D eigenvalue weighted by Crippen LogP contribution is 2.49. The zero-order valence-corrected chi connectivity index (χ0v) is 33.8. The van der Waals surface area contributed by atoms with Crippen molar-refractivity contribution in [2.24, 2.45) is 0 Å². The summed E-state index contributed by atoms with van der Waals surface area (Å²) in [5.41, 5.74) is 2.73. The van der Waals surface area contributed by atoms with E-state index < -0.39 is 19.5 Å². The van der Waals surface area contributed by atoms with Crippen molar-refractivity contribution in [1.82, 2.24) is 9.88 Å². The Morgan fingerprint density at radius 1 is 1.12 bits per heavy atom. The maximum Gasteiger partial charge on any atom is 0.410 e. The maximum atomic E-state index is 13.8. The highest BCUT2D eigenvalue weighted by atomic mass is 35.5. The van der Waals surface area contributed by atoms with Crippen LogP contribution in [0, 0.1) is 0 Å². The number of carbonyl (C=O) groups is 1. The smallest absolute Gasteiger partial charge is 0.410 e. The summed E-state index contributed by atoms with van der Waals surface area (Å²) in [6.45, 7) is 22.5. The molecule has 50 heavy (non-hydrogen) atoms. The number of ether oxygens (including phenoxy) is 4. The Bertz CT molecular complexity index is 1700. The molecular weight excluding hydrogens is 690 g/mol. The van der Waals surface area contributed by atoms with E-state index in [1.807, 2.05) is 44.0 Å². The minimum atomic E-state index is -1.93. The highest BCUT2D eigenvalue weighted by molar-refractivity contribution is 7.19. The number of aromatic nitrogens is 1. The Balaban J connectivity index is 1.34. The summed E-state index contributed by atoms with van der Waals surface area (Å²) in [6, 6.07) is 8.14. The van der Waals surface area contributed by atoms with Crippen LogP contribution in [0.2, 0.25) is 23.2 Å². The number of pyridine rings is 1. The average molecular weight is 744 g/mol. The molecule has 3 aliphatic heterocycles. The summed E-state index contributed by atoms with van der Waals surface area (Å²) < 4.78 is 32.2. The van der Waals surface area contributed by atoms with E-state index in [4.69, 9.17) is 40.0 Å². The van der Waals surface area contributed by atoms with Crippen LogP contribution in [0.15, 0.2) is 30.5 Å². The van der Waals surface area contributed by atoms with E-state index in [-0.39, 0.29) is 23.5 Å². The molecular formula is C38H54ClN3O6SSi. The first-order valence-corrected chi connectivity index (χ1v) is 22.0. The van der Waals surface area contributed by atoms with Crippen molar-refractivity contribution in [2.45, 2.75) is 122 Å². The number of halogens is 1. The van der Waals surface area contributed by atoms with Gasteiger partial charge in [0.1, 0.15) is 18.0 Å². The zero-order chi connectivity index (χ0) is 36.1. The summed E-state index contributed by atoms with van der Waals surface area (Å²) in [7, 11) is -1.93. The molecule has 0 saturated carbocycles. The van der Waals surface area contributed by atoms with Crippen LogP contribution in [-0.4, -0.2) is 80.7 Å². The lowest BCUT2D eigenvalue weighted by Gasteiger charge is -2.38. The first kappa shape index (κ1) is 37.3. The van der Waals surface area contributed by atoms with Crippen molar-refractivity contribution in [2.75, 3.05) is 37.8 Å². The second kappa shape index (κ2) is 14.2. The third kappa shape index (κ3) is 7.98. The van der Waals surface area contributed by atoms with Crippen molar-refractivity contribution in [3.63, 3.8) is 0 Å². The van der Waals surface area contributed by atoms with Crippen LogP contribution in [0.25, 0.3) is 21.3 Å². The van der Waals surface area contributed by atoms with Gasteiger partial charge in [0.2, 0.25) is 0 Å². The SMILES string of the molecule is CC(C)(C)OC(=O)N1CC(N2CCOc3cc(Cl)cc(-c4ccnc5cc(CO[Si](C)(C)C(C)(C)C)sc45)c32)CC1(C)COC1CCCCO1. The summed E-state index contributed by atoms with van der Waals surface area (Å²) in [6.07, 6.45) is 4.96. The van der Waals surface area contributed by atoms with Gasteiger partial charge in [-0.25, -0.2) is 4.79 Å². The van der Waals surface area contributed by atoms with Crippen LogP contribution in [0.5, 0.6) is 5.75 Å². The van der Waals surface area contributed by atoms with Gasteiger partial charge in [-0.05, 0) is 89.7 Å². The Hall–Kier alpha value is -2.41. The van der Waals surface area contributed by atoms with Crippen LogP contribution < -0.4 is 9.64 Å². The standard InChI is InChI=1S/C38H54ClN3O6SSi/c1-36(2,3)48-35(43)42-22-26(21-38(42,7)24-46-32-12-10-11-16-45-32)41-15-17-44-31-19-25(39)18-29(33(31)41)28-13-14-40-30-20-27(49-34(28)30)23-47-50(8,9)37(4,5)6/h13-14,18-20,26,32H,10-12,15-17,21-24H2,1-9H3. The molecule has 5 heterocycles. The number of benzene rings is 1. The van der Waals surface area contributed by atoms with Gasteiger partial charge in [0.15, 0.2) is 14.6 Å². The Morgan fingerprint density at radius 3 is 2.60 bits per heavy atom. The molecule has 0 bridgehead atoms. The minimum Gasteiger partial charge on any atom is -0.489 e. The van der Waals surface area contributed by atoms with Crippen LogP contribution in [0.3, 0.4) is 0 Å². The number of amides is 1. The van der Waals surface area contributed by atoms with E-state index in [9.17, 15) is 4.79 Å². The molecule has 2 fully saturated rings. The summed E-state index contributed by atoms with van der Waals surface area (Å²) in [5, 5.41) is 0.734. The zero-order valence-electron chi connectivity index (χ0n) is 31.2. The van der Waals surface area contributed by atoms with Crippen molar-refractivity contribution in [3.05, 3.63) is 40.4 Å². The molecule has 2 saturated heterocycles. The van der Waals surface area contributed by atoms with Crippen molar-refractivity contribution in [1.29, 1.82) is 0 Å². The van der Waals surface area contributed by atoms with Gasteiger partial charge >= 0.3 is 6.09 Å². The Morgan fingerprint density at radius 2 is 1.90 bits per heavy atom. The van der Waals surface area contributed by atoms with E-state index in [1.54, 1.807) is 11.3 Å². The molecule has 0 radical (unpaired) electrons. The van der Waals surface area contributed by atoms with Crippen LogP contribution in [0.1, 0.15) is 79.0 Å². The number of anilines is 1. The van der Waals surface area contributed by atoms with Gasteiger partial charge in [0, 0.05) is 52.5 Å². The van der Waals surface area contributed by atoms with Gasteiger partial charge in [-0.15, -0.1) is 11.3 Å². The molecule has 3 aromatic rings. The molecule has 6 rings (SSSR count). The van der Waals surface area contributed by atoms with Gasteiger partial charge in [0.05, 0.1) is 41.2 Å². The van der Waals surface area contributed by atoms with Gasteiger partial charge < -0.3 is 28.3 Å². The van der Waals surface area contributed by atoms with Crippen LogP contribution in [-0.2, 0) is 25.2 Å². The fourth-order valence-corrected chi connectivity index (χ4v) is 9.16. The highest BCUT2D eigenvalue weighted by Gasteiger charge is 2.49. The second-order valence-electron chi connectivity index (χ2n) is 16.7. The van der Waals surface area contributed by atoms with Crippen molar-refractivity contribution in [3.8, 4) is 16.9 Å². The van der Waals surface area contributed by atoms with Crippen LogP contribution >= 0.6 is 22.9 Å². The molecule has 0 N–H and O–H groups in total. The molecule has 1 amide bonds. The van der Waals surface area contributed by atoms with Crippen LogP contribution in [0.4, 0.5) is 10.5 Å². The summed E-state index contributed by atoms with van der Waals surface area (Å²) in [4.78, 5) is 24.0. The quantitative estimate of drug-likeness (QED) is 0.211. The third-order valence-corrected chi connectivity index (χ3v) is 16.4. The molecule has 3 aliphatic rings. The van der Waals surface area contributed by atoms with E-state index >= 15 is 0 Å². The number of hydrogen-bond acceptors (Lipinski definition) is 9. The molecule has 1 aromatic carbocycles. The predicted molar refractivity (Wildman–Crippen MR) is 204 cm³/mol. The number of nitrogens with zero attached hydrogens (tertiary/aromatic N) is 3. The maximum absolute atomic E-state index is 13.8. The normalized spacial score (nSPS) is 23.2. The fourth-order valence-electron chi connectivity index (χ4n) is 6.84. The lowest BCUT2D eigenvalue weighted by molar-refractivity contribution is -0.177. The van der Waals surface area contributed by atoms with Gasteiger partial charge in [-0.2, -0.15) is 0 Å². The molecule has 2 aromatic heterocycles. The average Bonchev–Trinajstić information content (AvgIpc) is 3.62. The molecule has 3 unspecified atom stereocenters. The van der Waals surface area contributed by atoms with E-state index in [1.165, 1.54) is 0 Å². The summed E-state index contributed by atoms with van der Waals surface area (Å²) >= 11 is 8.52. The number of carbonyl (C=O) groups excluding carboxylic acids is 1. The molecule has 9 nitrogen and oxygen atoms in total. The number of fused-ring (bicyclic) bond motifs is 2. The third-order valence-electron chi connectivity index (χ3n) is 10.5. The molecule has 12 heteroatoms. The first-order valence-electron chi connectivity index (χ1n) is 17.9. The van der Waals surface area contributed by atoms with Gasteiger partial charge in [0.25, 0.3) is 0 Å². The topological polar surface area (TPSA) is 82.6 Å². The largest absolute Gasteiger partial charge is 0.489 e. The molecule has 3 atom stereocenters. The van der Waals surface area contributed by atoms with Crippen molar-refractivity contribution >= 4 is 53.3 Å². The lowest BCUT2D eigenvalue weighted by Crippen LogP contribution is -2.50. The second-order valence-corrected chi connectivity index (χ2v) is 23.1. The predicted octanol–water partition coefficient (Wildman–Crippen LogP) is 9.65. The Labute approximate surface area is 307 Å². The van der Waals surface area contributed by atoms with Gasteiger partial charge in [-0.1, -0.05) is 32.4 Å². The monoisotopic (exact) mass is 743 g/mol. The van der Waals surface area contributed by atoms with E-state index in [0.717, 1.165) is 56.9 Å². The fraction of sp³-hybridized carbons (Fsp3) is 0.632. The molecule has 0 spiro atoms. The number of thiophene rings is 1. The number of rotatable bonds is 8. The van der Waals surface area contributed by atoms with E-state index in [2.05, 4.69) is 57.8 Å². The summed E-state index contributed by atoms with van der Waals surface area (Å²) in [5.74, 6) is 0.742. The van der Waals surface area contributed by atoms with E-state index in [0.29, 0.717) is 51.0 Å². The lowest BCUT2D eigenvalue weighted by atomic mass is 9.95. The van der Waals surface area contributed by atoms with Crippen molar-refractivity contribution < 1.29 is 28.2 Å². The first-order chi connectivity index (χ1) is 23.4.